The van der Waals surface area contributed by atoms with Crippen molar-refractivity contribution in [2.45, 2.75) is 26.0 Å². The summed E-state index contributed by atoms with van der Waals surface area (Å²) in [4.78, 5) is 23.3. The number of hydrogen-bond donors (Lipinski definition) is 4. The second kappa shape index (κ2) is 9.59. The zero-order chi connectivity index (χ0) is 19.8. The zero-order valence-electron chi connectivity index (χ0n) is 15.7. The minimum absolute atomic E-state index is 0.0802. The fraction of sp³-hybridized carbons (Fsp3) is 0.300. The van der Waals surface area contributed by atoms with E-state index in [0.717, 1.165) is 5.56 Å². The number of nitrogens with one attached hydrogen (secondary N) is 3. The van der Waals surface area contributed by atoms with E-state index >= 15 is 0 Å². The van der Waals surface area contributed by atoms with E-state index in [1.165, 1.54) is 6.92 Å². The molecule has 2 rings (SSSR count). The number of benzene rings is 2. The van der Waals surface area contributed by atoms with E-state index in [2.05, 4.69) is 16.0 Å². The largest absolute Gasteiger partial charge is 0.497 e. The summed E-state index contributed by atoms with van der Waals surface area (Å²) in [7, 11) is 1.57. The number of aliphatic hydroxyl groups is 1. The van der Waals surface area contributed by atoms with Crippen molar-refractivity contribution in [3.8, 4) is 5.75 Å². The van der Waals surface area contributed by atoms with Gasteiger partial charge >= 0.3 is 6.03 Å². The lowest BCUT2D eigenvalue weighted by molar-refractivity contribution is -0.114. The Labute approximate surface area is 158 Å². The van der Waals surface area contributed by atoms with E-state index in [1.807, 2.05) is 19.1 Å². The van der Waals surface area contributed by atoms with Crippen molar-refractivity contribution in [2.75, 3.05) is 19.0 Å². The smallest absolute Gasteiger partial charge is 0.315 e. The first-order chi connectivity index (χ1) is 12.9. The second-order valence-corrected chi connectivity index (χ2v) is 6.17. The molecule has 7 heteroatoms. The van der Waals surface area contributed by atoms with Crippen molar-refractivity contribution in [1.29, 1.82) is 0 Å². The van der Waals surface area contributed by atoms with E-state index in [0.29, 0.717) is 17.0 Å². The average Bonchev–Trinajstić information content (AvgIpc) is 2.65. The van der Waals surface area contributed by atoms with Gasteiger partial charge in [0.2, 0.25) is 5.91 Å². The molecule has 27 heavy (non-hydrogen) atoms. The number of carbonyl (C=O) groups excluding carboxylic acids is 2. The summed E-state index contributed by atoms with van der Waals surface area (Å²) < 4.78 is 5.08. The third-order valence-electron chi connectivity index (χ3n) is 4.01. The molecule has 0 aromatic heterocycles. The van der Waals surface area contributed by atoms with Gasteiger partial charge in [-0.3, -0.25) is 4.79 Å². The van der Waals surface area contributed by atoms with Crippen LogP contribution in [0.2, 0.25) is 0 Å². The molecule has 0 bridgehead atoms. The Hall–Kier alpha value is -3.06. The topological polar surface area (TPSA) is 99.7 Å². The normalized spacial score (nSPS) is 12.6. The number of rotatable bonds is 7. The van der Waals surface area contributed by atoms with Crippen LogP contribution in [-0.2, 0) is 4.79 Å². The van der Waals surface area contributed by atoms with Crippen LogP contribution >= 0.6 is 0 Å². The van der Waals surface area contributed by atoms with Gasteiger partial charge in [0, 0.05) is 19.2 Å². The summed E-state index contributed by atoms with van der Waals surface area (Å²) in [6.45, 7) is 3.36. The van der Waals surface area contributed by atoms with E-state index in [9.17, 15) is 14.7 Å². The predicted molar refractivity (Wildman–Crippen MR) is 104 cm³/mol. The molecular weight excluding hydrogens is 346 g/mol. The fourth-order valence-electron chi connectivity index (χ4n) is 2.55. The van der Waals surface area contributed by atoms with E-state index in [-0.39, 0.29) is 24.5 Å². The van der Waals surface area contributed by atoms with Crippen LogP contribution in [0.3, 0.4) is 0 Å². The van der Waals surface area contributed by atoms with Crippen molar-refractivity contribution in [2.24, 2.45) is 0 Å². The Morgan fingerprint density at radius 2 is 1.81 bits per heavy atom. The van der Waals surface area contributed by atoms with E-state index in [4.69, 9.17) is 4.74 Å². The summed E-state index contributed by atoms with van der Waals surface area (Å²) in [5.41, 5.74) is 2.21. The predicted octanol–water partition coefficient (Wildman–Crippen LogP) is 2.75. The molecule has 2 atom stereocenters. The fourth-order valence-corrected chi connectivity index (χ4v) is 2.55. The first-order valence-electron chi connectivity index (χ1n) is 8.63. The van der Waals surface area contributed by atoms with Gasteiger partial charge in [0.15, 0.2) is 0 Å². The third kappa shape index (κ3) is 6.31. The Balaban J connectivity index is 1.86. The molecule has 0 aliphatic rings. The second-order valence-electron chi connectivity index (χ2n) is 6.17. The lowest BCUT2D eigenvalue weighted by Crippen LogP contribution is -2.39. The van der Waals surface area contributed by atoms with Crippen LogP contribution in [0.25, 0.3) is 0 Å². The first-order valence-corrected chi connectivity index (χ1v) is 8.63. The molecule has 0 fully saturated rings. The zero-order valence-corrected chi connectivity index (χ0v) is 15.7. The number of anilines is 1. The minimum Gasteiger partial charge on any atom is -0.497 e. The van der Waals surface area contributed by atoms with Gasteiger partial charge in [-0.1, -0.05) is 24.3 Å². The molecule has 2 aromatic rings. The molecule has 0 saturated heterocycles. The number of hydrogen-bond acceptors (Lipinski definition) is 4. The van der Waals surface area contributed by atoms with Crippen LogP contribution in [0.4, 0.5) is 10.5 Å². The lowest BCUT2D eigenvalue weighted by atomic mass is 10.1. The van der Waals surface area contributed by atoms with Crippen molar-refractivity contribution in [3.05, 3.63) is 59.7 Å². The highest BCUT2D eigenvalue weighted by Crippen LogP contribution is 2.18. The molecule has 0 saturated carbocycles. The van der Waals surface area contributed by atoms with Crippen LogP contribution in [0.1, 0.15) is 37.1 Å². The monoisotopic (exact) mass is 371 g/mol. The number of carbonyl (C=O) groups is 2. The standard InChI is InChI=1S/C20H25N3O4/c1-13(16-5-4-6-17(11-16)23-14(2)24)22-20(26)21-12-19(25)15-7-9-18(27-3)10-8-15/h4-11,13,19,25H,12H2,1-3H3,(H,23,24)(H2,21,22,26). The Bertz CT molecular complexity index is 777. The summed E-state index contributed by atoms with van der Waals surface area (Å²) in [6, 6.07) is 13.6. The van der Waals surface area contributed by atoms with Gasteiger partial charge in [-0.05, 0) is 42.3 Å². The maximum absolute atomic E-state index is 12.1. The van der Waals surface area contributed by atoms with Gasteiger partial charge in [-0.15, -0.1) is 0 Å². The number of urea groups is 1. The summed E-state index contributed by atoms with van der Waals surface area (Å²) in [5, 5.41) is 18.4. The van der Waals surface area contributed by atoms with Gasteiger partial charge in [-0.2, -0.15) is 0 Å². The minimum atomic E-state index is -0.819. The van der Waals surface area contributed by atoms with Crippen LogP contribution in [0, 0.1) is 0 Å². The highest BCUT2D eigenvalue weighted by atomic mass is 16.5. The Kier molecular flexibility index (Phi) is 7.19. The molecule has 4 N–H and O–H groups in total. The van der Waals surface area contributed by atoms with Crippen molar-refractivity contribution in [1.82, 2.24) is 10.6 Å². The van der Waals surface area contributed by atoms with Crippen molar-refractivity contribution < 1.29 is 19.4 Å². The maximum Gasteiger partial charge on any atom is 0.315 e. The van der Waals surface area contributed by atoms with Crippen molar-refractivity contribution >= 4 is 17.6 Å². The van der Waals surface area contributed by atoms with Crippen LogP contribution < -0.4 is 20.7 Å². The number of ether oxygens (including phenoxy) is 1. The van der Waals surface area contributed by atoms with Crippen molar-refractivity contribution in [3.63, 3.8) is 0 Å². The highest BCUT2D eigenvalue weighted by molar-refractivity contribution is 5.88. The summed E-state index contributed by atoms with van der Waals surface area (Å²) in [5.74, 6) is 0.546. The molecule has 0 heterocycles. The van der Waals surface area contributed by atoms with Gasteiger partial charge in [0.05, 0.1) is 19.3 Å². The maximum atomic E-state index is 12.1. The Morgan fingerprint density at radius 3 is 2.44 bits per heavy atom. The molecule has 0 spiro atoms. The molecule has 3 amide bonds. The van der Waals surface area contributed by atoms with Gasteiger partial charge < -0.3 is 25.8 Å². The van der Waals surface area contributed by atoms with Crippen LogP contribution in [0.5, 0.6) is 5.75 Å². The van der Waals surface area contributed by atoms with Gasteiger partial charge in [0.25, 0.3) is 0 Å². The number of amides is 3. The van der Waals surface area contributed by atoms with E-state index in [1.54, 1.807) is 43.5 Å². The Morgan fingerprint density at radius 1 is 1.11 bits per heavy atom. The van der Waals surface area contributed by atoms with Crippen LogP contribution in [-0.4, -0.2) is 30.7 Å². The first kappa shape index (κ1) is 20.3. The molecule has 2 aromatic carbocycles. The average molecular weight is 371 g/mol. The lowest BCUT2D eigenvalue weighted by Gasteiger charge is -2.18. The SMILES string of the molecule is COc1ccc(C(O)CNC(=O)NC(C)c2cccc(NC(C)=O)c2)cc1. The summed E-state index contributed by atoms with van der Waals surface area (Å²) >= 11 is 0. The quantitative estimate of drug-likeness (QED) is 0.601. The van der Waals surface area contributed by atoms with Crippen LogP contribution in [0.15, 0.2) is 48.5 Å². The molecule has 7 nitrogen and oxygen atoms in total. The molecule has 0 aliphatic heterocycles. The summed E-state index contributed by atoms with van der Waals surface area (Å²) in [6.07, 6.45) is -0.819. The number of methoxy groups -OCH3 is 1. The molecule has 144 valence electrons. The highest BCUT2D eigenvalue weighted by Gasteiger charge is 2.13. The molecule has 0 aliphatic carbocycles. The van der Waals surface area contributed by atoms with E-state index < -0.39 is 6.10 Å². The van der Waals surface area contributed by atoms with Gasteiger partial charge in [-0.25, -0.2) is 4.79 Å². The van der Waals surface area contributed by atoms with Gasteiger partial charge in [0.1, 0.15) is 5.75 Å². The third-order valence-corrected chi connectivity index (χ3v) is 4.01. The molecule has 0 radical (unpaired) electrons. The molecule has 2 unspecified atom stereocenters. The molecular formula is C20H25N3O4. The number of aliphatic hydroxyl groups excluding tert-OH is 1.